The average molecular weight is 223 g/mol. The molecule has 0 aliphatic carbocycles. The summed E-state index contributed by atoms with van der Waals surface area (Å²) >= 11 is 1.53. The summed E-state index contributed by atoms with van der Waals surface area (Å²) in [5.41, 5.74) is 0.627. The van der Waals surface area contributed by atoms with Gasteiger partial charge < -0.3 is 4.90 Å². The average Bonchev–Trinajstić information content (AvgIpc) is 2.74. The summed E-state index contributed by atoms with van der Waals surface area (Å²) in [4.78, 5) is 18.3. The molecule has 0 unspecified atom stereocenters. The summed E-state index contributed by atoms with van der Waals surface area (Å²) < 4.78 is 1.83. The number of aldehydes is 1. The van der Waals surface area contributed by atoms with Crippen LogP contribution in [0.25, 0.3) is 4.96 Å². The Hall–Kier alpha value is -1.36. The van der Waals surface area contributed by atoms with Crippen LogP contribution < -0.4 is 4.90 Å². The van der Waals surface area contributed by atoms with Crippen molar-refractivity contribution in [2.24, 2.45) is 0 Å². The SMILES string of the molecule is CC(C)N(C)c1nc2sccn2c1C=O. The fourth-order valence-corrected chi connectivity index (χ4v) is 2.12. The van der Waals surface area contributed by atoms with Gasteiger partial charge in [-0.3, -0.25) is 9.20 Å². The van der Waals surface area contributed by atoms with Gasteiger partial charge in [-0.25, -0.2) is 4.98 Å². The first-order valence-corrected chi connectivity index (χ1v) is 5.66. The fraction of sp³-hybridized carbons (Fsp3) is 0.400. The Balaban J connectivity index is 2.59. The van der Waals surface area contributed by atoms with Crippen molar-refractivity contribution >= 4 is 28.4 Å². The van der Waals surface area contributed by atoms with E-state index in [0.29, 0.717) is 11.7 Å². The van der Waals surface area contributed by atoms with Crippen molar-refractivity contribution in [1.82, 2.24) is 9.38 Å². The van der Waals surface area contributed by atoms with Crippen molar-refractivity contribution in [1.29, 1.82) is 0 Å². The molecular formula is C10H13N3OS. The number of fused-ring (bicyclic) bond motifs is 1. The summed E-state index contributed by atoms with van der Waals surface area (Å²) in [7, 11) is 1.95. The van der Waals surface area contributed by atoms with Crippen LogP contribution >= 0.6 is 11.3 Å². The zero-order chi connectivity index (χ0) is 11.0. The fourth-order valence-electron chi connectivity index (χ4n) is 1.41. The van der Waals surface area contributed by atoms with Crippen LogP contribution in [0.5, 0.6) is 0 Å². The maximum atomic E-state index is 11.0. The highest BCUT2D eigenvalue weighted by Crippen LogP contribution is 2.23. The van der Waals surface area contributed by atoms with E-state index in [-0.39, 0.29) is 0 Å². The van der Waals surface area contributed by atoms with Crippen LogP contribution in [0.15, 0.2) is 11.6 Å². The lowest BCUT2D eigenvalue weighted by Crippen LogP contribution is -2.27. The van der Waals surface area contributed by atoms with Crippen molar-refractivity contribution in [3.63, 3.8) is 0 Å². The lowest BCUT2D eigenvalue weighted by molar-refractivity contribution is 0.111. The molecule has 15 heavy (non-hydrogen) atoms. The molecule has 80 valence electrons. The number of thiazole rings is 1. The summed E-state index contributed by atoms with van der Waals surface area (Å²) in [6, 6.07) is 0.327. The van der Waals surface area contributed by atoms with Gasteiger partial charge in [-0.2, -0.15) is 0 Å². The summed E-state index contributed by atoms with van der Waals surface area (Å²) in [6.07, 6.45) is 2.73. The van der Waals surface area contributed by atoms with Gasteiger partial charge in [-0.05, 0) is 13.8 Å². The lowest BCUT2D eigenvalue weighted by Gasteiger charge is -2.21. The molecule has 4 nitrogen and oxygen atoms in total. The number of imidazole rings is 1. The number of hydrogen-bond acceptors (Lipinski definition) is 4. The molecule has 0 atom stereocenters. The van der Waals surface area contributed by atoms with Gasteiger partial charge in [0.2, 0.25) is 0 Å². The first-order chi connectivity index (χ1) is 7.15. The zero-order valence-electron chi connectivity index (χ0n) is 8.97. The molecule has 0 amide bonds. The second-order valence-electron chi connectivity index (χ2n) is 3.70. The first kappa shape index (κ1) is 10.2. The zero-order valence-corrected chi connectivity index (χ0v) is 9.78. The van der Waals surface area contributed by atoms with E-state index in [4.69, 9.17) is 0 Å². The predicted octanol–water partition coefficient (Wildman–Crippen LogP) is 2.05. The maximum Gasteiger partial charge on any atom is 0.196 e. The normalized spacial score (nSPS) is 11.2. The first-order valence-electron chi connectivity index (χ1n) is 4.78. The molecule has 5 heteroatoms. The van der Waals surface area contributed by atoms with E-state index in [1.807, 2.05) is 27.9 Å². The minimum absolute atomic E-state index is 0.327. The van der Waals surface area contributed by atoms with Gasteiger partial charge in [-0.1, -0.05) is 0 Å². The Labute approximate surface area is 92.2 Å². The molecule has 0 fully saturated rings. The van der Waals surface area contributed by atoms with E-state index in [0.717, 1.165) is 17.1 Å². The maximum absolute atomic E-state index is 11.0. The minimum atomic E-state index is 0.327. The number of aromatic nitrogens is 2. The second-order valence-corrected chi connectivity index (χ2v) is 4.57. The summed E-state index contributed by atoms with van der Waals surface area (Å²) in [5.74, 6) is 0.756. The van der Waals surface area contributed by atoms with Gasteiger partial charge in [0.15, 0.2) is 17.1 Å². The van der Waals surface area contributed by atoms with Crippen LogP contribution in [0.1, 0.15) is 24.3 Å². The van der Waals surface area contributed by atoms with Crippen LogP contribution in [0, 0.1) is 0 Å². The topological polar surface area (TPSA) is 37.6 Å². The number of nitrogens with zero attached hydrogens (tertiary/aromatic N) is 3. The smallest absolute Gasteiger partial charge is 0.196 e. The van der Waals surface area contributed by atoms with Crippen molar-refractivity contribution < 1.29 is 4.79 Å². The van der Waals surface area contributed by atoms with Crippen molar-refractivity contribution in [2.45, 2.75) is 19.9 Å². The third-order valence-electron chi connectivity index (χ3n) is 2.50. The molecule has 2 heterocycles. The Bertz CT molecular complexity index is 486. The molecule has 2 aromatic rings. The quantitative estimate of drug-likeness (QED) is 0.747. The number of rotatable bonds is 3. The third-order valence-corrected chi connectivity index (χ3v) is 3.26. The molecule has 0 spiro atoms. The van der Waals surface area contributed by atoms with Crippen molar-refractivity contribution in [2.75, 3.05) is 11.9 Å². The highest BCUT2D eigenvalue weighted by Gasteiger charge is 2.17. The van der Waals surface area contributed by atoms with Crippen molar-refractivity contribution in [3.8, 4) is 0 Å². The van der Waals surface area contributed by atoms with Gasteiger partial charge in [0, 0.05) is 24.7 Å². The number of hydrogen-bond donors (Lipinski definition) is 0. The number of carbonyl (C=O) groups is 1. The summed E-state index contributed by atoms with van der Waals surface area (Å²) in [6.45, 7) is 4.14. The largest absolute Gasteiger partial charge is 0.355 e. The van der Waals surface area contributed by atoms with Gasteiger partial charge in [0.1, 0.15) is 5.69 Å². The molecule has 0 aliphatic rings. The molecule has 0 bridgehead atoms. The number of anilines is 1. The Morgan fingerprint density at radius 3 is 2.93 bits per heavy atom. The standard InChI is InChI=1S/C10H13N3OS/c1-7(2)12(3)9-8(6-14)13-4-5-15-10(13)11-9/h4-7H,1-3H3. The van der Waals surface area contributed by atoms with Gasteiger partial charge in [0.05, 0.1) is 0 Å². The van der Waals surface area contributed by atoms with Crippen LogP contribution in [-0.4, -0.2) is 28.8 Å². The van der Waals surface area contributed by atoms with Crippen LogP contribution in [0.3, 0.4) is 0 Å². The Kier molecular flexibility index (Phi) is 2.48. The summed E-state index contributed by atoms with van der Waals surface area (Å²) in [5, 5.41) is 1.93. The van der Waals surface area contributed by atoms with E-state index >= 15 is 0 Å². The minimum Gasteiger partial charge on any atom is -0.355 e. The highest BCUT2D eigenvalue weighted by atomic mass is 32.1. The molecular weight excluding hydrogens is 210 g/mol. The monoisotopic (exact) mass is 223 g/mol. The number of carbonyl (C=O) groups excluding carboxylic acids is 1. The molecule has 0 saturated heterocycles. The van der Waals surface area contributed by atoms with E-state index in [1.165, 1.54) is 11.3 Å². The predicted molar refractivity (Wildman–Crippen MR) is 62.0 cm³/mol. The lowest BCUT2D eigenvalue weighted by atomic mass is 10.3. The highest BCUT2D eigenvalue weighted by molar-refractivity contribution is 7.15. The Morgan fingerprint density at radius 2 is 2.33 bits per heavy atom. The second kappa shape index (κ2) is 3.66. The molecule has 0 aliphatic heterocycles. The van der Waals surface area contributed by atoms with E-state index < -0.39 is 0 Å². The van der Waals surface area contributed by atoms with E-state index in [2.05, 4.69) is 18.8 Å². The third kappa shape index (κ3) is 1.52. The van der Waals surface area contributed by atoms with E-state index in [9.17, 15) is 4.79 Å². The Morgan fingerprint density at radius 1 is 1.60 bits per heavy atom. The van der Waals surface area contributed by atoms with Crippen LogP contribution in [0.4, 0.5) is 5.82 Å². The van der Waals surface area contributed by atoms with Crippen LogP contribution in [0.2, 0.25) is 0 Å². The molecule has 2 rings (SSSR count). The molecule has 0 N–H and O–H groups in total. The van der Waals surface area contributed by atoms with Gasteiger partial charge in [-0.15, -0.1) is 11.3 Å². The van der Waals surface area contributed by atoms with Crippen LogP contribution in [-0.2, 0) is 0 Å². The van der Waals surface area contributed by atoms with Gasteiger partial charge >= 0.3 is 0 Å². The van der Waals surface area contributed by atoms with Crippen molar-refractivity contribution in [3.05, 3.63) is 17.3 Å². The molecule has 0 saturated carbocycles. The molecule has 2 aromatic heterocycles. The van der Waals surface area contributed by atoms with E-state index in [1.54, 1.807) is 0 Å². The molecule has 0 aromatic carbocycles. The molecule has 0 radical (unpaired) electrons. The van der Waals surface area contributed by atoms with Gasteiger partial charge in [0.25, 0.3) is 0 Å².